The summed E-state index contributed by atoms with van der Waals surface area (Å²) in [5.74, 6) is -0.0269. The third-order valence-corrected chi connectivity index (χ3v) is 3.93. The maximum Gasteiger partial charge on any atom is 0.308 e. The predicted octanol–water partition coefficient (Wildman–Crippen LogP) is 1.87. The zero-order chi connectivity index (χ0) is 14.7. The third-order valence-electron chi connectivity index (χ3n) is 3.93. The fourth-order valence-corrected chi connectivity index (χ4v) is 2.91. The van der Waals surface area contributed by atoms with Gasteiger partial charge in [0.2, 0.25) is 0 Å². The van der Waals surface area contributed by atoms with Gasteiger partial charge in [-0.1, -0.05) is 12.1 Å². The number of nitrogens with one attached hydrogen (secondary N) is 1. The van der Waals surface area contributed by atoms with Crippen LogP contribution in [0.2, 0.25) is 0 Å². The van der Waals surface area contributed by atoms with Crippen LogP contribution in [0.4, 0.5) is 0 Å². The van der Waals surface area contributed by atoms with Crippen LogP contribution >= 0.6 is 0 Å². The Labute approximate surface area is 118 Å². The van der Waals surface area contributed by atoms with Gasteiger partial charge < -0.3 is 19.9 Å². The van der Waals surface area contributed by atoms with Crippen LogP contribution in [0.3, 0.4) is 0 Å². The molecule has 3 unspecified atom stereocenters. The summed E-state index contributed by atoms with van der Waals surface area (Å²) in [4.78, 5) is 11.5. The number of hydrogen-bond donors (Lipinski definition) is 2. The van der Waals surface area contributed by atoms with Crippen molar-refractivity contribution in [3.63, 3.8) is 0 Å². The molecule has 0 bridgehead atoms. The predicted molar refractivity (Wildman–Crippen MR) is 75.5 cm³/mol. The lowest BCUT2D eigenvalue weighted by Gasteiger charge is -2.34. The Morgan fingerprint density at radius 3 is 2.70 bits per heavy atom. The zero-order valence-corrected chi connectivity index (χ0v) is 12.1. The highest BCUT2D eigenvalue weighted by Gasteiger charge is 2.36. The van der Waals surface area contributed by atoms with Gasteiger partial charge in [-0.2, -0.15) is 0 Å². The van der Waals surface area contributed by atoms with E-state index in [0.717, 1.165) is 12.0 Å². The second kappa shape index (κ2) is 6.13. The van der Waals surface area contributed by atoms with Crippen LogP contribution in [0.1, 0.15) is 24.8 Å². The Morgan fingerprint density at radius 2 is 2.10 bits per heavy atom. The van der Waals surface area contributed by atoms with Gasteiger partial charge in [-0.25, -0.2) is 0 Å². The van der Waals surface area contributed by atoms with Crippen LogP contribution in [0, 0.1) is 5.92 Å². The van der Waals surface area contributed by atoms with Crippen molar-refractivity contribution in [2.45, 2.75) is 25.3 Å². The zero-order valence-electron chi connectivity index (χ0n) is 12.1. The van der Waals surface area contributed by atoms with E-state index in [0.29, 0.717) is 18.0 Å². The normalized spacial score (nSPS) is 26.1. The first-order valence-corrected chi connectivity index (χ1v) is 6.75. The maximum absolute atomic E-state index is 11.5. The molecule has 1 fully saturated rings. The third kappa shape index (κ3) is 2.72. The van der Waals surface area contributed by atoms with Crippen molar-refractivity contribution in [3.05, 3.63) is 23.8 Å². The lowest BCUT2D eigenvalue weighted by Crippen LogP contribution is -2.44. The van der Waals surface area contributed by atoms with Crippen molar-refractivity contribution in [1.82, 2.24) is 5.32 Å². The summed E-state index contributed by atoms with van der Waals surface area (Å²) in [5, 5.41) is 12.7. The lowest BCUT2D eigenvalue weighted by atomic mass is 9.78. The second-order valence-electron chi connectivity index (χ2n) is 5.18. The maximum atomic E-state index is 11.5. The summed E-state index contributed by atoms with van der Waals surface area (Å²) in [6.45, 7) is 2.54. The molecule has 0 saturated carbocycles. The number of piperidine rings is 1. The molecular formula is C15H21NO4. The molecule has 1 aliphatic rings. The molecule has 20 heavy (non-hydrogen) atoms. The first kappa shape index (κ1) is 14.7. The number of para-hydroxylation sites is 1. The molecule has 0 aliphatic carbocycles. The highest BCUT2D eigenvalue weighted by Crippen LogP contribution is 2.41. The molecular weight excluding hydrogens is 258 g/mol. The molecule has 0 aromatic heterocycles. The van der Waals surface area contributed by atoms with Crippen LogP contribution in [0.5, 0.6) is 11.5 Å². The van der Waals surface area contributed by atoms with Gasteiger partial charge in [-0.05, 0) is 19.4 Å². The van der Waals surface area contributed by atoms with Crippen molar-refractivity contribution < 1.29 is 19.4 Å². The van der Waals surface area contributed by atoms with E-state index < -0.39 is 11.9 Å². The first-order valence-electron chi connectivity index (χ1n) is 6.75. The van der Waals surface area contributed by atoms with Crippen molar-refractivity contribution in [2.24, 2.45) is 5.92 Å². The summed E-state index contributed by atoms with van der Waals surface area (Å²) in [5.41, 5.74) is 0.910. The van der Waals surface area contributed by atoms with E-state index in [9.17, 15) is 9.90 Å². The molecule has 2 N–H and O–H groups in total. The topological polar surface area (TPSA) is 67.8 Å². The van der Waals surface area contributed by atoms with Crippen LogP contribution in [0.25, 0.3) is 0 Å². The summed E-state index contributed by atoms with van der Waals surface area (Å²) >= 11 is 0. The lowest BCUT2D eigenvalue weighted by molar-refractivity contribution is -0.143. The smallest absolute Gasteiger partial charge is 0.308 e. The number of hydrogen-bond acceptors (Lipinski definition) is 4. The quantitative estimate of drug-likeness (QED) is 0.880. The Bertz CT molecular complexity index is 489. The molecule has 1 aliphatic heterocycles. The van der Waals surface area contributed by atoms with Gasteiger partial charge in [-0.3, -0.25) is 4.79 Å². The Hall–Kier alpha value is -1.75. The van der Waals surface area contributed by atoms with E-state index in [1.165, 1.54) is 0 Å². The molecule has 1 heterocycles. The minimum absolute atomic E-state index is 0.0752. The van der Waals surface area contributed by atoms with Crippen LogP contribution in [-0.2, 0) is 4.79 Å². The van der Waals surface area contributed by atoms with E-state index in [2.05, 4.69) is 12.2 Å². The fourth-order valence-electron chi connectivity index (χ4n) is 2.91. The number of carboxylic acid groups (broad SMARTS) is 1. The monoisotopic (exact) mass is 279 g/mol. The average molecular weight is 279 g/mol. The number of methoxy groups -OCH3 is 2. The molecule has 1 saturated heterocycles. The molecule has 5 heteroatoms. The van der Waals surface area contributed by atoms with E-state index >= 15 is 0 Å². The summed E-state index contributed by atoms with van der Waals surface area (Å²) < 4.78 is 10.7. The largest absolute Gasteiger partial charge is 0.493 e. The number of carbonyl (C=O) groups is 1. The van der Waals surface area contributed by atoms with E-state index in [1.54, 1.807) is 14.2 Å². The highest BCUT2D eigenvalue weighted by molar-refractivity contribution is 5.72. The van der Waals surface area contributed by atoms with Gasteiger partial charge >= 0.3 is 5.97 Å². The van der Waals surface area contributed by atoms with E-state index in [1.807, 2.05) is 18.2 Å². The standard InChI is InChI=1S/C15H21NO4/c1-9-7-11(12(8-16-9)15(17)18)10-5-4-6-13(19-2)14(10)20-3/h4-6,9,11-12,16H,7-8H2,1-3H3,(H,17,18). The molecule has 3 atom stereocenters. The van der Waals surface area contributed by atoms with Crippen molar-refractivity contribution in [1.29, 1.82) is 0 Å². The van der Waals surface area contributed by atoms with Crippen molar-refractivity contribution in [3.8, 4) is 11.5 Å². The minimum Gasteiger partial charge on any atom is -0.493 e. The number of rotatable bonds is 4. The molecule has 2 rings (SSSR count). The molecule has 0 amide bonds. The van der Waals surface area contributed by atoms with Crippen LogP contribution in [0.15, 0.2) is 18.2 Å². The fraction of sp³-hybridized carbons (Fsp3) is 0.533. The van der Waals surface area contributed by atoms with E-state index in [4.69, 9.17) is 9.47 Å². The van der Waals surface area contributed by atoms with Crippen molar-refractivity contribution >= 4 is 5.97 Å². The Morgan fingerprint density at radius 1 is 1.35 bits per heavy atom. The van der Waals surface area contributed by atoms with Gasteiger partial charge in [0.1, 0.15) is 0 Å². The number of carboxylic acids is 1. The van der Waals surface area contributed by atoms with Gasteiger partial charge in [0, 0.05) is 24.1 Å². The average Bonchev–Trinajstić information content (AvgIpc) is 2.45. The Balaban J connectivity index is 2.43. The molecule has 0 spiro atoms. The molecule has 5 nitrogen and oxygen atoms in total. The number of ether oxygens (including phenoxy) is 2. The summed E-state index contributed by atoms with van der Waals surface area (Å²) in [6.07, 6.45) is 0.764. The Kier molecular flexibility index (Phi) is 4.49. The van der Waals surface area contributed by atoms with Crippen molar-refractivity contribution in [2.75, 3.05) is 20.8 Å². The highest BCUT2D eigenvalue weighted by atomic mass is 16.5. The molecule has 1 aromatic carbocycles. The van der Waals surface area contributed by atoms with Gasteiger partial charge in [0.15, 0.2) is 11.5 Å². The van der Waals surface area contributed by atoms with Gasteiger partial charge in [-0.15, -0.1) is 0 Å². The first-order chi connectivity index (χ1) is 9.58. The molecule has 1 aromatic rings. The second-order valence-corrected chi connectivity index (χ2v) is 5.18. The molecule has 110 valence electrons. The number of benzene rings is 1. The summed E-state index contributed by atoms with van der Waals surface area (Å²) in [7, 11) is 3.17. The van der Waals surface area contributed by atoms with Crippen LogP contribution < -0.4 is 14.8 Å². The van der Waals surface area contributed by atoms with Gasteiger partial charge in [0.25, 0.3) is 0 Å². The number of aliphatic carboxylic acids is 1. The molecule has 0 radical (unpaired) electrons. The minimum atomic E-state index is -0.778. The van der Waals surface area contributed by atoms with Gasteiger partial charge in [0.05, 0.1) is 20.1 Å². The summed E-state index contributed by atoms with van der Waals surface area (Å²) in [6, 6.07) is 5.91. The SMILES string of the molecule is COc1cccc(C2CC(C)NCC2C(=O)O)c1OC. The van der Waals surface area contributed by atoms with E-state index in [-0.39, 0.29) is 12.0 Å². The van der Waals surface area contributed by atoms with Crippen LogP contribution in [-0.4, -0.2) is 37.9 Å².